The molecule has 0 saturated carbocycles. The normalized spacial score (nSPS) is 17.2. The molecule has 1 saturated heterocycles. The Hall–Kier alpha value is -2.42. The number of halogens is 34. The predicted octanol–water partition coefficient (Wildman–Crippen LogP) is 11.2. The summed E-state index contributed by atoms with van der Waals surface area (Å²) in [6, 6.07) is 0. The summed E-state index contributed by atoms with van der Waals surface area (Å²) in [4.78, 5) is 0. The zero-order valence-corrected chi connectivity index (χ0v) is 22.2. The van der Waals surface area contributed by atoms with Crippen LogP contribution in [0.2, 0.25) is 0 Å². The van der Waals surface area contributed by atoms with Gasteiger partial charge >= 0.3 is 89.9 Å². The van der Waals surface area contributed by atoms with Crippen molar-refractivity contribution in [3.05, 3.63) is 0 Å². The first kappa shape index (κ1) is 51.7. The summed E-state index contributed by atoms with van der Waals surface area (Å²) in [5.41, 5.74) is 0. The molecule has 0 aromatic carbocycles. The molecular formula is C17H4F34O. The van der Waals surface area contributed by atoms with Crippen molar-refractivity contribution in [2.75, 3.05) is 13.2 Å². The molecule has 52 heavy (non-hydrogen) atoms. The molecule has 0 radical (unpaired) electrons. The highest BCUT2D eigenvalue weighted by Crippen LogP contribution is 2.65. The van der Waals surface area contributed by atoms with Crippen LogP contribution in [-0.2, 0) is 4.74 Å². The highest BCUT2D eigenvalue weighted by atomic mass is 19.5. The maximum atomic E-state index is 12.8. The van der Waals surface area contributed by atoms with Crippen molar-refractivity contribution >= 4 is 0 Å². The maximum Gasteiger partial charge on any atom is 0.460 e. The summed E-state index contributed by atoms with van der Waals surface area (Å²) in [5.74, 6) is -92.2. The molecule has 0 atom stereocenters. The molecule has 1 aliphatic heterocycles. The Kier molecular flexibility index (Phi) is 13.3. The third kappa shape index (κ3) is 7.73. The molecule has 316 valence electrons. The van der Waals surface area contributed by atoms with E-state index < -0.39 is 89.9 Å². The van der Waals surface area contributed by atoms with Crippen LogP contribution < -0.4 is 0 Å². The lowest BCUT2D eigenvalue weighted by Gasteiger charge is -2.41. The van der Waals surface area contributed by atoms with Gasteiger partial charge in [-0.2, -0.15) is 149 Å². The Balaban J connectivity index is 0. The van der Waals surface area contributed by atoms with Gasteiger partial charge in [0.15, 0.2) is 0 Å². The summed E-state index contributed by atoms with van der Waals surface area (Å²) in [5, 5.41) is 0. The molecule has 0 amide bonds. The number of hydrogen-bond acceptors (Lipinski definition) is 1. The maximum absolute atomic E-state index is 12.8. The Bertz CT molecular complexity index is 1100. The summed E-state index contributed by atoms with van der Waals surface area (Å²) >= 11 is 0. The Morgan fingerprint density at radius 1 is 0.173 bits per heavy atom. The average Bonchev–Trinajstić information content (AvgIpc) is 3.75. The van der Waals surface area contributed by atoms with Crippen LogP contribution in [-0.4, -0.2) is 103 Å². The molecule has 0 aliphatic carbocycles. The molecule has 0 N–H and O–H groups in total. The van der Waals surface area contributed by atoms with Gasteiger partial charge in [-0.1, -0.05) is 0 Å². The summed E-state index contributed by atoms with van der Waals surface area (Å²) in [6.07, 6.45) is -30.9. The molecule has 1 fully saturated rings. The standard InChI is InChI=1S/C8F18.C7F16.C2H4O/c9-1(10,3(13,14)5(17,18)7(21,22)23)2(11,12)4(15,16)6(19,20)8(24,25)26;8-1(9,2(10,11)4(14,15)6(18,19)20)3(12,13)5(16,17)7(21,22)23;1-2-3-1/h;;1-2H2. The quantitative estimate of drug-likeness (QED) is 0.166. The summed E-state index contributed by atoms with van der Waals surface area (Å²) < 4.78 is 418. The number of ether oxygens (including phenoxy) is 1. The van der Waals surface area contributed by atoms with Gasteiger partial charge in [0.25, 0.3) is 0 Å². The minimum Gasteiger partial charge on any atom is -0.377 e. The van der Waals surface area contributed by atoms with E-state index in [1.54, 1.807) is 0 Å². The van der Waals surface area contributed by atoms with Crippen LogP contribution in [0.3, 0.4) is 0 Å². The molecule has 35 heteroatoms. The number of epoxide rings is 1. The third-order valence-corrected chi connectivity index (χ3v) is 5.18. The number of rotatable bonds is 9. The zero-order chi connectivity index (χ0) is 43.6. The number of hydrogen-bond donors (Lipinski definition) is 0. The lowest BCUT2D eigenvalue weighted by molar-refractivity contribution is -0.468. The van der Waals surface area contributed by atoms with Crippen LogP contribution in [0.15, 0.2) is 0 Å². The molecular weight excluding hydrogens is 866 g/mol. The van der Waals surface area contributed by atoms with Gasteiger partial charge in [-0.25, -0.2) is 0 Å². The van der Waals surface area contributed by atoms with E-state index in [2.05, 4.69) is 4.74 Å². The van der Waals surface area contributed by atoms with E-state index >= 15 is 0 Å². The van der Waals surface area contributed by atoms with E-state index in [1.807, 2.05) is 0 Å². The number of alkyl halides is 34. The lowest BCUT2D eigenvalue weighted by Crippen LogP contribution is -2.74. The van der Waals surface area contributed by atoms with E-state index in [0.29, 0.717) is 0 Å². The fourth-order valence-corrected chi connectivity index (χ4v) is 2.09. The van der Waals surface area contributed by atoms with Gasteiger partial charge in [0, 0.05) is 0 Å². The molecule has 0 unspecified atom stereocenters. The van der Waals surface area contributed by atoms with Crippen LogP contribution in [0, 0.1) is 0 Å². The van der Waals surface area contributed by atoms with Gasteiger partial charge in [-0.3, -0.25) is 0 Å². The first-order chi connectivity index (χ1) is 21.8. The van der Waals surface area contributed by atoms with Gasteiger partial charge in [0.2, 0.25) is 0 Å². The molecule has 0 aromatic rings. The van der Waals surface area contributed by atoms with Crippen molar-refractivity contribution in [3.8, 4) is 0 Å². The van der Waals surface area contributed by atoms with Gasteiger partial charge < -0.3 is 4.74 Å². The SMILES string of the molecule is C1CO1.FC(F)(F)C(F)(F)C(F)(F)C(F)(F)C(F)(F)C(F)(F)C(F)(F)C(F)(F)F.FC(F)(F)C(F)(F)C(F)(F)C(F)(F)C(F)(F)C(F)(F)C(F)(F)F. The molecule has 0 bridgehead atoms. The van der Waals surface area contributed by atoms with Crippen molar-refractivity contribution in [2.24, 2.45) is 0 Å². The molecule has 0 spiro atoms. The fourth-order valence-electron chi connectivity index (χ4n) is 2.09. The minimum atomic E-state index is -8.72. The van der Waals surface area contributed by atoms with E-state index in [-0.39, 0.29) is 0 Å². The Labute approximate surface area is 258 Å². The monoisotopic (exact) mass is 870 g/mol. The van der Waals surface area contributed by atoms with Crippen LogP contribution in [0.4, 0.5) is 149 Å². The molecule has 0 aromatic heterocycles. The fraction of sp³-hybridized carbons (Fsp3) is 1.00. The predicted molar refractivity (Wildman–Crippen MR) is 89.5 cm³/mol. The Morgan fingerprint density at radius 3 is 0.308 bits per heavy atom. The molecule has 1 rings (SSSR count). The summed E-state index contributed by atoms with van der Waals surface area (Å²) in [7, 11) is 0. The zero-order valence-electron chi connectivity index (χ0n) is 22.2. The van der Waals surface area contributed by atoms with E-state index in [1.165, 1.54) is 0 Å². The first-order valence-corrected chi connectivity index (χ1v) is 10.8. The van der Waals surface area contributed by atoms with E-state index in [0.717, 1.165) is 13.2 Å². The van der Waals surface area contributed by atoms with Crippen LogP contribution >= 0.6 is 0 Å². The minimum absolute atomic E-state index is 1.00. The topological polar surface area (TPSA) is 12.5 Å². The van der Waals surface area contributed by atoms with Crippen molar-refractivity contribution in [1.29, 1.82) is 0 Å². The highest BCUT2D eigenvalue weighted by molar-refractivity contribution is 5.14. The van der Waals surface area contributed by atoms with Crippen molar-refractivity contribution < 1.29 is 154 Å². The second kappa shape index (κ2) is 13.4. The van der Waals surface area contributed by atoms with Gasteiger partial charge in [0.05, 0.1) is 13.2 Å². The second-order valence-corrected chi connectivity index (χ2v) is 8.92. The largest absolute Gasteiger partial charge is 0.460 e. The van der Waals surface area contributed by atoms with Gasteiger partial charge in [-0.15, -0.1) is 0 Å². The average molecular weight is 870 g/mol. The van der Waals surface area contributed by atoms with E-state index in [4.69, 9.17) is 0 Å². The van der Waals surface area contributed by atoms with Gasteiger partial charge in [0.1, 0.15) is 0 Å². The van der Waals surface area contributed by atoms with Crippen LogP contribution in [0.5, 0.6) is 0 Å². The Morgan fingerprint density at radius 2 is 0.250 bits per heavy atom. The van der Waals surface area contributed by atoms with Crippen molar-refractivity contribution in [3.63, 3.8) is 0 Å². The van der Waals surface area contributed by atoms with Crippen molar-refractivity contribution in [1.82, 2.24) is 0 Å². The smallest absolute Gasteiger partial charge is 0.377 e. The molecule has 1 aliphatic rings. The lowest BCUT2D eigenvalue weighted by atomic mass is 9.91. The highest BCUT2D eigenvalue weighted by Gasteiger charge is 2.96. The molecule has 1 nitrogen and oxygen atoms in total. The van der Waals surface area contributed by atoms with Crippen molar-refractivity contribution in [2.45, 2.75) is 89.9 Å². The second-order valence-electron chi connectivity index (χ2n) is 8.92. The first-order valence-electron chi connectivity index (χ1n) is 10.8. The molecule has 1 heterocycles. The third-order valence-electron chi connectivity index (χ3n) is 5.18. The van der Waals surface area contributed by atoms with Gasteiger partial charge in [-0.05, 0) is 0 Å². The van der Waals surface area contributed by atoms with Crippen LogP contribution in [0.25, 0.3) is 0 Å². The summed E-state index contributed by atoms with van der Waals surface area (Å²) in [6.45, 7) is 2.00. The van der Waals surface area contributed by atoms with Crippen LogP contribution in [0.1, 0.15) is 0 Å². The van der Waals surface area contributed by atoms with E-state index in [9.17, 15) is 149 Å².